The van der Waals surface area contributed by atoms with Gasteiger partial charge in [0.05, 0.1) is 18.2 Å². The third-order valence-corrected chi connectivity index (χ3v) is 4.95. The number of aryl methyl sites for hydroxylation is 1. The lowest BCUT2D eigenvalue weighted by molar-refractivity contribution is -0.121. The molecule has 0 fully saturated rings. The highest BCUT2D eigenvalue weighted by molar-refractivity contribution is 5.83. The molecule has 0 aliphatic carbocycles. The van der Waals surface area contributed by atoms with Gasteiger partial charge in [-0.1, -0.05) is 30.3 Å². The van der Waals surface area contributed by atoms with Gasteiger partial charge in [0.25, 0.3) is 5.56 Å². The van der Waals surface area contributed by atoms with E-state index in [1.807, 2.05) is 30.5 Å². The molecule has 1 atom stereocenters. The Hall–Kier alpha value is -3.74. The van der Waals surface area contributed by atoms with Gasteiger partial charge in [0.15, 0.2) is 0 Å². The zero-order chi connectivity index (χ0) is 21.1. The van der Waals surface area contributed by atoms with Crippen LogP contribution in [0.1, 0.15) is 28.7 Å². The van der Waals surface area contributed by atoms with E-state index >= 15 is 0 Å². The van der Waals surface area contributed by atoms with Gasteiger partial charge >= 0.3 is 0 Å². The van der Waals surface area contributed by atoms with Crippen molar-refractivity contribution in [1.82, 2.24) is 20.3 Å². The molecular weight excluding hydrogens is 383 g/mol. The molecule has 4 aromatic rings. The molecule has 2 heterocycles. The fourth-order valence-electron chi connectivity index (χ4n) is 3.56. The van der Waals surface area contributed by atoms with Gasteiger partial charge in [-0.3, -0.25) is 9.59 Å². The van der Waals surface area contributed by atoms with Crippen molar-refractivity contribution >= 4 is 16.8 Å². The van der Waals surface area contributed by atoms with Crippen molar-refractivity contribution < 1.29 is 9.18 Å². The van der Waals surface area contributed by atoms with Gasteiger partial charge in [0, 0.05) is 29.6 Å². The van der Waals surface area contributed by atoms with Crippen molar-refractivity contribution in [2.45, 2.75) is 25.8 Å². The molecule has 30 heavy (non-hydrogen) atoms. The van der Waals surface area contributed by atoms with Crippen molar-refractivity contribution in [3.05, 3.63) is 99.6 Å². The van der Waals surface area contributed by atoms with E-state index < -0.39 is 6.04 Å². The van der Waals surface area contributed by atoms with E-state index in [1.165, 1.54) is 18.2 Å². The van der Waals surface area contributed by atoms with Gasteiger partial charge in [0.2, 0.25) is 5.91 Å². The predicted octanol–water partition coefficient (Wildman–Crippen LogP) is 3.34. The minimum absolute atomic E-state index is 0.104. The Morgan fingerprint density at radius 2 is 1.93 bits per heavy atom. The first-order valence-corrected chi connectivity index (χ1v) is 9.64. The lowest BCUT2D eigenvalue weighted by Crippen LogP contribution is -2.32. The summed E-state index contributed by atoms with van der Waals surface area (Å²) in [5, 5.41) is 4.04. The normalized spacial score (nSPS) is 12.1. The third kappa shape index (κ3) is 4.46. The topological polar surface area (TPSA) is 90.6 Å². The highest BCUT2D eigenvalue weighted by atomic mass is 19.1. The Morgan fingerprint density at radius 3 is 2.70 bits per heavy atom. The summed E-state index contributed by atoms with van der Waals surface area (Å²) in [4.78, 5) is 35.0. The molecule has 0 radical (unpaired) electrons. The van der Waals surface area contributed by atoms with Crippen LogP contribution in [0.4, 0.5) is 4.39 Å². The van der Waals surface area contributed by atoms with Crippen molar-refractivity contribution in [1.29, 1.82) is 0 Å². The number of para-hydroxylation sites is 1. The monoisotopic (exact) mass is 404 g/mol. The van der Waals surface area contributed by atoms with E-state index in [-0.39, 0.29) is 23.7 Å². The summed E-state index contributed by atoms with van der Waals surface area (Å²) in [7, 11) is 0. The van der Waals surface area contributed by atoms with Crippen molar-refractivity contribution in [2.24, 2.45) is 0 Å². The lowest BCUT2D eigenvalue weighted by Gasteiger charge is -2.18. The smallest absolute Gasteiger partial charge is 0.251 e. The number of H-pyrrole nitrogens is 2. The quantitative estimate of drug-likeness (QED) is 0.460. The van der Waals surface area contributed by atoms with E-state index in [4.69, 9.17) is 0 Å². The summed E-state index contributed by atoms with van der Waals surface area (Å²) in [6.45, 7) is 1.70. The number of amides is 1. The van der Waals surface area contributed by atoms with E-state index in [0.29, 0.717) is 23.5 Å². The highest BCUT2D eigenvalue weighted by Gasteiger charge is 2.20. The molecule has 0 spiro atoms. The summed E-state index contributed by atoms with van der Waals surface area (Å²) in [5.41, 5.74) is 2.94. The Labute approximate surface area is 172 Å². The number of rotatable bonds is 6. The van der Waals surface area contributed by atoms with Gasteiger partial charge in [-0.05, 0) is 36.2 Å². The second kappa shape index (κ2) is 8.32. The standard InChI is InChI=1S/C23H21FN4O2/c1-14-26-21(12-23(30)27-14)20(11-16-13-25-19-5-3-2-4-18(16)19)28-22(29)10-15-6-8-17(24)9-7-15/h2-9,12-13,20,25H,10-11H2,1H3,(H,28,29)(H,26,27,30)/t20-/m0/s1. The van der Waals surface area contributed by atoms with Crippen LogP contribution in [0.5, 0.6) is 0 Å². The maximum atomic E-state index is 13.1. The van der Waals surface area contributed by atoms with Gasteiger partial charge in [-0.2, -0.15) is 0 Å². The molecule has 4 rings (SSSR count). The van der Waals surface area contributed by atoms with Crippen molar-refractivity contribution in [2.75, 3.05) is 0 Å². The SMILES string of the molecule is Cc1nc([C@H](Cc2c[nH]c3ccccc23)NC(=O)Cc2ccc(F)cc2)cc(=O)[nH]1. The highest BCUT2D eigenvalue weighted by Crippen LogP contribution is 2.23. The van der Waals surface area contributed by atoms with Gasteiger partial charge in [-0.15, -0.1) is 0 Å². The zero-order valence-electron chi connectivity index (χ0n) is 16.4. The van der Waals surface area contributed by atoms with Crippen LogP contribution in [0.25, 0.3) is 10.9 Å². The largest absolute Gasteiger partial charge is 0.361 e. The summed E-state index contributed by atoms with van der Waals surface area (Å²) >= 11 is 0. The molecule has 0 unspecified atom stereocenters. The molecule has 0 saturated carbocycles. The number of carbonyl (C=O) groups excluding carboxylic acids is 1. The number of fused-ring (bicyclic) bond motifs is 1. The fourth-order valence-corrected chi connectivity index (χ4v) is 3.56. The second-order valence-corrected chi connectivity index (χ2v) is 7.24. The van der Waals surface area contributed by atoms with Crippen LogP contribution >= 0.6 is 0 Å². The molecule has 152 valence electrons. The minimum atomic E-state index is -0.488. The van der Waals surface area contributed by atoms with Gasteiger partial charge < -0.3 is 15.3 Å². The second-order valence-electron chi connectivity index (χ2n) is 7.24. The van der Waals surface area contributed by atoms with Gasteiger partial charge in [0.1, 0.15) is 11.6 Å². The lowest BCUT2D eigenvalue weighted by atomic mass is 10.0. The average molecular weight is 404 g/mol. The molecule has 0 bridgehead atoms. The molecule has 7 heteroatoms. The average Bonchev–Trinajstić information content (AvgIpc) is 3.11. The van der Waals surface area contributed by atoms with Crippen LogP contribution in [0.3, 0.4) is 0 Å². The molecule has 0 aliphatic rings. The molecule has 1 amide bonds. The van der Waals surface area contributed by atoms with Gasteiger partial charge in [-0.25, -0.2) is 9.37 Å². The molecule has 2 aromatic carbocycles. The van der Waals surface area contributed by atoms with Crippen LogP contribution < -0.4 is 10.9 Å². The number of hydrogen-bond acceptors (Lipinski definition) is 3. The number of aromatic nitrogens is 3. The predicted molar refractivity (Wildman–Crippen MR) is 113 cm³/mol. The Bertz CT molecular complexity index is 1240. The molecule has 3 N–H and O–H groups in total. The van der Waals surface area contributed by atoms with E-state index in [0.717, 1.165) is 16.5 Å². The Morgan fingerprint density at radius 1 is 1.17 bits per heavy atom. The molecular formula is C23H21FN4O2. The van der Waals surface area contributed by atoms with E-state index in [2.05, 4.69) is 20.3 Å². The number of nitrogens with zero attached hydrogens (tertiary/aromatic N) is 1. The summed E-state index contributed by atoms with van der Waals surface area (Å²) in [5.74, 6) is -0.0973. The van der Waals surface area contributed by atoms with Crippen molar-refractivity contribution in [3.63, 3.8) is 0 Å². The van der Waals surface area contributed by atoms with Crippen LogP contribution in [-0.4, -0.2) is 20.9 Å². The van der Waals surface area contributed by atoms with E-state index in [1.54, 1.807) is 19.1 Å². The Balaban J connectivity index is 1.62. The zero-order valence-corrected chi connectivity index (χ0v) is 16.4. The van der Waals surface area contributed by atoms with Crippen LogP contribution in [-0.2, 0) is 17.6 Å². The first kappa shape index (κ1) is 19.6. The molecule has 0 aliphatic heterocycles. The number of carbonyl (C=O) groups is 1. The summed E-state index contributed by atoms with van der Waals surface area (Å²) < 4.78 is 13.1. The minimum Gasteiger partial charge on any atom is -0.361 e. The number of hydrogen-bond donors (Lipinski definition) is 3. The number of aromatic amines is 2. The Kier molecular flexibility index (Phi) is 5.43. The first-order chi connectivity index (χ1) is 14.5. The first-order valence-electron chi connectivity index (χ1n) is 9.64. The summed E-state index contributed by atoms with van der Waals surface area (Å²) in [6, 6.07) is 14.6. The van der Waals surface area contributed by atoms with E-state index in [9.17, 15) is 14.0 Å². The van der Waals surface area contributed by atoms with Crippen molar-refractivity contribution in [3.8, 4) is 0 Å². The molecule has 0 saturated heterocycles. The number of nitrogens with one attached hydrogen (secondary N) is 3. The van der Waals surface area contributed by atoms with Crippen LogP contribution in [0.15, 0.2) is 65.6 Å². The number of halogens is 1. The molecule has 6 nitrogen and oxygen atoms in total. The maximum Gasteiger partial charge on any atom is 0.251 e. The van der Waals surface area contributed by atoms with Crippen LogP contribution in [0, 0.1) is 12.7 Å². The number of benzene rings is 2. The fraction of sp³-hybridized carbons (Fsp3) is 0.174. The third-order valence-electron chi connectivity index (χ3n) is 4.95. The van der Waals surface area contributed by atoms with Crippen LogP contribution in [0.2, 0.25) is 0 Å². The summed E-state index contributed by atoms with van der Waals surface area (Å²) in [6.07, 6.45) is 2.48. The molecule has 2 aromatic heterocycles. The maximum absolute atomic E-state index is 13.1.